The van der Waals surface area contributed by atoms with E-state index in [1.54, 1.807) is 30.3 Å². The van der Waals surface area contributed by atoms with Gasteiger partial charge in [0.2, 0.25) is 0 Å². The van der Waals surface area contributed by atoms with Gasteiger partial charge in [0.1, 0.15) is 18.7 Å². The van der Waals surface area contributed by atoms with Gasteiger partial charge in [-0.15, -0.1) is 0 Å². The van der Waals surface area contributed by atoms with Crippen molar-refractivity contribution in [2.45, 2.75) is 37.7 Å². The summed E-state index contributed by atoms with van der Waals surface area (Å²) in [5.41, 5.74) is 2.22. The first kappa shape index (κ1) is 24.5. The van der Waals surface area contributed by atoms with E-state index in [0.29, 0.717) is 28.8 Å². The molecule has 1 aliphatic heterocycles. The molecule has 184 valence electrons. The molecule has 0 radical (unpaired) electrons. The minimum Gasteiger partial charge on any atom is -0.408 e. The zero-order valence-electron chi connectivity index (χ0n) is 18.6. The lowest BCUT2D eigenvalue weighted by Crippen LogP contribution is -2.46. The number of aromatic nitrogens is 1. The van der Waals surface area contributed by atoms with E-state index in [0.717, 1.165) is 18.5 Å². The van der Waals surface area contributed by atoms with Crippen molar-refractivity contribution in [3.05, 3.63) is 58.6 Å². The maximum Gasteiger partial charge on any atom is 0.420 e. The van der Waals surface area contributed by atoms with Gasteiger partial charge in [-0.2, -0.15) is 18.4 Å². The molecule has 0 spiro atoms. The fraction of sp³-hybridized carbons (Fsp3) is 0.375. The average Bonchev–Trinajstić information content (AvgIpc) is 2.99. The predicted octanol–water partition coefficient (Wildman–Crippen LogP) is 2.75. The van der Waals surface area contributed by atoms with Gasteiger partial charge in [0.05, 0.1) is 11.6 Å². The molecule has 11 heteroatoms. The molecular weight excluding hydrogens is 465 g/mol. The van der Waals surface area contributed by atoms with Crippen LogP contribution in [0.3, 0.4) is 0 Å². The van der Waals surface area contributed by atoms with E-state index in [9.17, 15) is 28.0 Å². The maximum absolute atomic E-state index is 12.9. The lowest BCUT2D eigenvalue weighted by atomic mass is 10.0. The van der Waals surface area contributed by atoms with E-state index in [-0.39, 0.29) is 23.4 Å². The number of nitriles is 1. The Balaban J connectivity index is 1.47. The van der Waals surface area contributed by atoms with Gasteiger partial charge in [-0.1, -0.05) is 30.3 Å². The van der Waals surface area contributed by atoms with Crippen LogP contribution in [-0.4, -0.2) is 48.5 Å². The molecule has 2 aromatic carbocycles. The summed E-state index contributed by atoms with van der Waals surface area (Å²) in [5, 5.41) is 15.3. The highest BCUT2D eigenvalue weighted by Gasteiger charge is 2.30. The topological polar surface area (TPSA) is 109 Å². The van der Waals surface area contributed by atoms with E-state index in [1.807, 2.05) is 0 Å². The molecule has 1 amide bonds. The predicted molar refractivity (Wildman–Crippen MR) is 120 cm³/mol. The van der Waals surface area contributed by atoms with Crippen molar-refractivity contribution in [1.29, 1.82) is 5.26 Å². The largest absolute Gasteiger partial charge is 0.420 e. The standard InChI is InChI=1S/C24H23F3N4O4/c25-24(26,27)14-31-19-11-17(6-7-20(19)35-23(31)33)16-4-2-15(3-5-16)10-18(12-28)30-22(32)21-13-29-8-1-9-34-21/h2-7,11,18,21,29H,1,8-10,13-14H2,(H,30,32)/t18-,21?/m0/s1. The molecular formula is C24H23F3N4O4. The quantitative estimate of drug-likeness (QED) is 0.552. The third-order valence-electron chi connectivity index (χ3n) is 5.64. The Morgan fingerprint density at radius 3 is 2.69 bits per heavy atom. The number of hydrogen-bond acceptors (Lipinski definition) is 6. The molecule has 2 heterocycles. The van der Waals surface area contributed by atoms with Crippen molar-refractivity contribution in [2.75, 3.05) is 19.7 Å². The summed E-state index contributed by atoms with van der Waals surface area (Å²) in [5.74, 6) is -1.42. The van der Waals surface area contributed by atoms with Crippen molar-refractivity contribution in [3.63, 3.8) is 0 Å². The molecule has 1 fully saturated rings. The number of halogens is 3. The zero-order valence-corrected chi connectivity index (χ0v) is 18.6. The molecule has 35 heavy (non-hydrogen) atoms. The smallest absolute Gasteiger partial charge is 0.408 e. The van der Waals surface area contributed by atoms with Crippen molar-refractivity contribution < 1.29 is 27.1 Å². The number of benzene rings is 2. The first-order valence-corrected chi connectivity index (χ1v) is 11.1. The van der Waals surface area contributed by atoms with E-state index in [2.05, 4.69) is 16.7 Å². The fourth-order valence-electron chi connectivity index (χ4n) is 3.92. The maximum atomic E-state index is 12.9. The molecule has 1 saturated heterocycles. The van der Waals surface area contributed by atoms with E-state index < -0.39 is 30.6 Å². The van der Waals surface area contributed by atoms with Gasteiger partial charge in [-0.05, 0) is 41.8 Å². The normalized spacial score (nSPS) is 17.5. The average molecular weight is 488 g/mol. The molecule has 0 bridgehead atoms. The Bertz CT molecular complexity index is 1280. The van der Waals surface area contributed by atoms with Crippen LogP contribution in [0.1, 0.15) is 12.0 Å². The minimum absolute atomic E-state index is 0.0522. The van der Waals surface area contributed by atoms with Crippen molar-refractivity contribution in [2.24, 2.45) is 0 Å². The summed E-state index contributed by atoms with van der Waals surface area (Å²) in [7, 11) is 0. The Kier molecular flexibility index (Phi) is 7.23. The van der Waals surface area contributed by atoms with Crippen LogP contribution in [-0.2, 0) is 22.5 Å². The summed E-state index contributed by atoms with van der Waals surface area (Å²) < 4.78 is 49.6. The second-order valence-corrected chi connectivity index (χ2v) is 8.26. The van der Waals surface area contributed by atoms with Gasteiger partial charge >= 0.3 is 11.9 Å². The van der Waals surface area contributed by atoms with Crippen LogP contribution in [0.25, 0.3) is 22.2 Å². The number of carbonyl (C=O) groups is 1. The van der Waals surface area contributed by atoms with Crippen LogP contribution < -0.4 is 16.4 Å². The van der Waals surface area contributed by atoms with Crippen LogP contribution in [0.4, 0.5) is 13.2 Å². The summed E-state index contributed by atoms with van der Waals surface area (Å²) in [4.78, 5) is 24.3. The molecule has 2 N–H and O–H groups in total. The summed E-state index contributed by atoms with van der Waals surface area (Å²) >= 11 is 0. The van der Waals surface area contributed by atoms with E-state index in [4.69, 9.17) is 9.15 Å². The molecule has 1 aliphatic rings. The molecule has 0 aliphatic carbocycles. The van der Waals surface area contributed by atoms with Gasteiger partial charge in [0.25, 0.3) is 5.91 Å². The van der Waals surface area contributed by atoms with E-state index in [1.165, 1.54) is 12.1 Å². The fourth-order valence-corrected chi connectivity index (χ4v) is 3.92. The number of nitrogens with zero attached hydrogens (tertiary/aromatic N) is 2. The SMILES string of the molecule is N#C[C@H](Cc1ccc(-c2ccc3oc(=O)n(CC(F)(F)F)c3c2)cc1)NC(=O)C1CNCCCO1. The number of amides is 1. The number of rotatable bonds is 6. The number of hydrogen-bond donors (Lipinski definition) is 2. The molecule has 2 atom stereocenters. The third kappa shape index (κ3) is 6.09. The van der Waals surface area contributed by atoms with Crippen molar-refractivity contribution in [3.8, 4) is 17.2 Å². The molecule has 4 rings (SSSR count). The van der Waals surface area contributed by atoms with Gasteiger partial charge in [0.15, 0.2) is 5.58 Å². The highest BCUT2D eigenvalue weighted by atomic mass is 19.4. The van der Waals surface area contributed by atoms with Crippen LogP contribution >= 0.6 is 0 Å². The second-order valence-electron chi connectivity index (χ2n) is 8.26. The molecule has 8 nitrogen and oxygen atoms in total. The Labute approximate surface area is 198 Å². The molecule has 1 unspecified atom stereocenters. The molecule has 1 aromatic heterocycles. The van der Waals surface area contributed by atoms with Gasteiger partial charge in [-0.3, -0.25) is 9.36 Å². The van der Waals surface area contributed by atoms with Crippen LogP contribution in [0.5, 0.6) is 0 Å². The van der Waals surface area contributed by atoms with Crippen LogP contribution in [0.2, 0.25) is 0 Å². The monoisotopic (exact) mass is 488 g/mol. The highest BCUT2D eigenvalue weighted by molar-refractivity contribution is 5.82. The first-order chi connectivity index (χ1) is 16.7. The highest BCUT2D eigenvalue weighted by Crippen LogP contribution is 2.26. The van der Waals surface area contributed by atoms with Gasteiger partial charge in [-0.25, -0.2) is 4.79 Å². The lowest BCUT2D eigenvalue weighted by Gasteiger charge is -2.18. The van der Waals surface area contributed by atoms with Crippen molar-refractivity contribution >= 4 is 17.0 Å². The minimum atomic E-state index is -4.57. The van der Waals surface area contributed by atoms with Gasteiger partial charge in [0, 0.05) is 19.6 Å². The number of oxazole rings is 1. The Morgan fingerprint density at radius 1 is 1.23 bits per heavy atom. The molecule has 3 aromatic rings. The number of ether oxygens (including phenoxy) is 1. The zero-order chi connectivity index (χ0) is 25.0. The van der Waals surface area contributed by atoms with Crippen LogP contribution in [0.15, 0.2) is 51.7 Å². The second kappa shape index (κ2) is 10.3. The van der Waals surface area contributed by atoms with Crippen molar-refractivity contribution in [1.82, 2.24) is 15.2 Å². The first-order valence-electron chi connectivity index (χ1n) is 11.1. The summed E-state index contributed by atoms with van der Waals surface area (Å²) in [6.07, 6.45) is -4.13. The van der Waals surface area contributed by atoms with Crippen LogP contribution in [0, 0.1) is 11.3 Å². The number of carbonyl (C=O) groups excluding carboxylic acids is 1. The summed E-state index contributed by atoms with van der Waals surface area (Å²) in [6.45, 7) is 0.188. The van der Waals surface area contributed by atoms with E-state index >= 15 is 0 Å². The Morgan fingerprint density at radius 2 is 1.97 bits per heavy atom. The molecule has 0 saturated carbocycles. The number of nitrogens with one attached hydrogen (secondary N) is 2. The lowest BCUT2D eigenvalue weighted by molar-refractivity contribution is -0.140. The third-order valence-corrected chi connectivity index (χ3v) is 5.64. The summed E-state index contributed by atoms with van der Waals surface area (Å²) in [6, 6.07) is 13.0. The Hall–Kier alpha value is -3.62. The van der Waals surface area contributed by atoms with Gasteiger partial charge < -0.3 is 19.8 Å². The number of fused-ring (bicyclic) bond motifs is 1. The number of alkyl halides is 3.